The summed E-state index contributed by atoms with van der Waals surface area (Å²) in [5.41, 5.74) is 0. The molecule has 0 unspecified atom stereocenters. The van der Waals surface area contributed by atoms with E-state index in [0.717, 1.165) is 31.6 Å². The summed E-state index contributed by atoms with van der Waals surface area (Å²) in [5.74, 6) is 1.59. The lowest BCUT2D eigenvalue weighted by Crippen LogP contribution is -2.39. The number of aliphatic imine (C=N–C) groups is 1. The van der Waals surface area contributed by atoms with E-state index < -0.39 is 0 Å². The van der Waals surface area contributed by atoms with E-state index in [1.165, 1.54) is 4.90 Å². The van der Waals surface area contributed by atoms with Crippen molar-refractivity contribution in [1.82, 2.24) is 15.5 Å². The summed E-state index contributed by atoms with van der Waals surface area (Å²) in [6.45, 7) is 3.84. The van der Waals surface area contributed by atoms with Crippen LogP contribution in [0, 0.1) is 0 Å². The molecule has 1 aromatic heterocycles. The molecule has 6 nitrogen and oxygen atoms in total. The van der Waals surface area contributed by atoms with Crippen LogP contribution in [0.3, 0.4) is 0 Å². The fraction of sp³-hybridized carbons (Fsp3) is 0.600. The Morgan fingerprint density at radius 1 is 1.33 bits per heavy atom. The van der Waals surface area contributed by atoms with Crippen LogP contribution in [-0.4, -0.2) is 50.5 Å². The number of guanidine groups is 1. The zero-order chi connectivity index (χ0) is 15.5. The van der Waals surface area contributed by atoms with Crippen molar-refractivity contribution in [2.24, 2.45) is 4.99 Å². The maximum atomic E-state index is 11.6. The van der Waals surface area contributed by atoms with Crippen molar-refractivity contribution < 1.29 is 9.21 Å². The van der Waals surface area contributed by atoms with Crippen LogP contribution >= 0.6 is 0 Å². The van der Waals surface area contributed by atoms with Crippen LogP contribution in [-0.2, 0) is 11.2 Å². The molecule has 0 spiro atoms. The topological polar surface area (TPSA) is 69.9 Å². The highest BCUT2D eigenvalue weighted by atomic mass is 16.3. The third-order valence-corrected chi connectivity index (χ3v) is 2.94. The zero-order valence-electron chi connectivity index (χ0n) is 13.2. The van der Waals surface area contributed by atoms with Gasteiger partial charge in [-0.25, -0.2) is 4.99 Å². The van der Waals surface area contributed by atoms with E-state index >= 15 is 0 Å². The minimum absolute atomic E-state index is 0.0161. The Kier molecular flexibility index (Phi) is 8.01. The Bertz CT molecular complexity index is 427. The molecule has 6 heteroatoms. The second-order valence-corrected chi connectivity index (χ2v) is 4.99. The molecule has 1 aromatic rings. The highest BCUT2D eigenvalue weighted by molar-refractivity contribution is 5.84. The van der Waals surface area contributed by atoms with E-state index in [-0.39, 0.29) is 12.5 Å². The van der Waals surface area contributed by atoms with E-state index in [0.29, 0.717) is 12.5 Å². The molecule has 0 atom stereocenters. The summed E-state index contributed by atoms with van der Waals surface area (Å²) in [4.78, 5) is 17.4. The van der Waals surface area contributed by atoms with Gasteiger partial charge in [0.1, 0.15) is 12.3 Å². The smallest absolute Gasteiger partial charge is 0.243 e. The summed E-state index contributed by atoms with van der Waals surface area (Å²) >= 11 is 0. The van der Waals surface area contributed by atoms with Crippen LogP contribution in [0.15, 0.2) is 27.8 Å². The molecule has 0 saturated carbocycles. The number of hydrogen-bond donors (Lipinski definition) is 2. The fourth-order valence-electron chi connectivity index (χ4n) is 1.60. The van der Waals surface area contributed by atoms with Crippen LogP contribution in [0.2, 0.25) is 0 Å². The Morgan fingerprint density at radius 2 is 2.10 bits per heavy atom. The van der Waals surface area contributed by atoms with Gasteiger partial charge in [0, 0.05) is 33.6 Å². The number of nitrogens with zero attached hydrogens (tertiary/aromatic N) is 2. The first-order chi connectivity index (χ1) is 10.1. The quantitative estimate of drug-likeness (QED) is 0.430. The molecular formula is C15H26N4O2. The maximum absolute atomic E-state index is 11.6. The van der Waals surface area contributed by atoms with Crippen molar-refractivity contribution in [2.45, 2.75) is 26.2 Å². The number of amides is 1. The molecular weight excluding hydrogens is 268 g/mol. The number of nitrogens with one attached hydrogen (secondary N) is 2. The second-order valence-electron chi connectivity index (χ2n) is 4.99. The molecule has 0 aliphatic rings. The Labute approximate surface area is 126 Å². The molecule has 0 bridgehead atoms. The third-order valence-electron chi connectivity index (χ3n) is 2.94. The van der Waals surface area contributed by atoms with Gasteiger partial charge in [-0.3, -0.25) is 4.79 Å². The summed E-state index contributed by atoms with van der Waals surface area (Å²) in [6, 6.07) is 3.82. The normalized spacial score (nSPS) is 11.3. The molecule has 0 saturated heterocycles. The SMILES string of the molecule is CCCCNC(=NCC(=O)N(C)C)NCCc1ccco1. The molecule has 1 heterocycles. The van der Waals surface area contributed by atoms with E-state index in [9.17, 15) is 4.79 Å². The van der Waals surface area contributed by atoms with Gasteiger partial charge in [0.15, 0.2) is 5.96 Å². The van der Waals surface area contributed by atoms with Gasteiger partial charge >= 0.3 is 0 Å². The predicted octanol–water partition coefficient (Wildman–Crippen LogP) is 1.25. The number of carbonyl (C=O) groups excluding carboxylic acids is 1. The standard InChI is InChI=1S/C15H26N4O2/c1-4-5-9-16-15(18-12-14(20)19(2)3)17-10-8-13-7-6-11-21-13/h6-7,11H,4-5,8-10,12H2,1-3H3,(H2,16,17,18). The van der Waals surface area contributed by atoms with Crippen LogP contribution < -0.4 is 10.6 Å². The van der Waals surface area contributed by atoms with Gasteiger partial charge < -0.3 is 20.0 Å². The average Bonchev–Trinajstić information content (AvgIpc) is 2.97. The first-order valence-corrected chi connectivity index (χ1v) is 7.38. The van der Waals surface area contributed by atoms with Crippen molar-refractivity contribution in [1.29, 1.82) is 0 Å². The number of carbonyl (C=O) groups is 1. The van der Waals surface area contributed by atoms with Gasteiger partial charge in [-0.05, 0) is 18.6 Å². The zero-order valence-corrected chi connectivity index (χ0v) is 13.2. The first kappa shape index (κ1) is 17.1. The monoisotopic (exact) mass is 294 g/mol. The average molecular weight is 294 g/mol. The lowest BCUT2D eigenvalue weighted by Gasteiger charge is -2.13. The van der Waals surface area contributed by atoms with Gasteiger partial charge in [-0.2, -0.15) is 0 Å². The summed E-state index contributed by atoms with van der Waals surface area (Å²) in [6.07, 6.45) is 4.63. The molecule has 2 N–H and O–H groups in total. The largest absolute Gasteiger partial charge is 0.469 e. The molecule has 0 radical (unpaired) electrons. The number of furan rings is 1. The lowest BCUT2D eigenvalue weighted by atomic mass is 10.3. The van der Waals surface area contributed by atoms with E-state index in [4.69, 9.17) is 4.42 Å². The van der Waals surface area contributed by atoms with Crippen LogP contribution in [0.5, 0.6) is 0 Å². The van der Waals surface area contributed by atoms with Gasteiger partial charge in [0.2, 0.25) is 5.91 Å². The number of rotatable bonds is 8. The van der Waals surface area contributed by atoms with Crippen LogP contribution in [0.4, 0.5) is 0 Å². The maximum Gasteiger partial charge on any atom is 0.243 e. The minimum atomic E-state index is -0.0161. The highest BCUT2D eigenvalue weighted by Crippen LogP contribution is 1.99. The van der Waals surface area contributed by atoms with E-state index in [2.05, 4.69) is 22.5 Å². The third kappa shape index (κ3) is 7.39. The number of unbranched alkanes of at least 4 members (excludes halogenated alkanes) is 1. The predicted molar refractivity (Wildman–Crippen MR) is 84.3 cm³/mol. The Hall–Kier alpha value is -1.98. The molecule has 118 valence electrons. The molecule has 21 heavy (non-hydrogen) atoms. The Balaban J connectivity index is 2.42. The minimum Gasteiger partial charge on any atom is -0.469 e. The Morgan fingerprint density at radius 3 is 2.71 bits per heavy atom. The molecule has 0 aromatic carbocycles. The van der Waals surface area contributed by atoms with Crippen molar-refractivity contribution in [3.8, 4) is 0 Å². The molecule has 0 aliphatic carbocycles. The molecule has 0 fully saturated rings. The fourth-order valence-corrected chi connectivity index (χ4v) is 1.60. The van der Waals surface area contributed by atoms with Gasteiger partial charge in [0.05, 0.1) is 6.26 Å². The summed E-state index contributed by atoms with van der Waals surface area (Å²) in [5, 5.41) is 6.45. The molecule has 0 aliphatic heterocycles. The summed E-state index contributed by atoms with van der Waals surface area (Å²) < 4.78 is 5.28. The highest BCUT2D eigenvalue weighted by Gasteiger charge is 2.04. The lowest BCUT2D eigenvalue weighted by molar-refractivity contribution is -0.127. The van der Waals surface area contributed by atoms with Crippen molar-refractivity contribution >= 4 is 11.9 Å². The summed E-state index contributed by atoms with van der Waals surface area (Å²) in [7, 11) is 3.46. The van der Waals surface area contributed by atoms with E-state index in [1.54, 1.807) is 20.4 Å². The molecule has 1 rings (SSSR count). The van der Waals surface area contributed by atoms with Crippen LogP contribution in [0.1, 0.15) is 25.5 Å². The van der Waals surface area contributed by atoms with Crippen molar-refractivity contribution in [3.05, 3.63) is 24.2 Å². The van der Waals surface area contributed by atoms with Crippen molar-refractivity contribution in [2.75, 3.05) is 33.7 Å². The van der Waals surface area contributed by atoms with Gasteiger partial charge in [0.25, 0.3) is 0 Å². The molecule has 1 amide bonds. The number of hydrogen-bond acceptors (Lipinski definition) is 3. The van der Waals surface area contributed by atoms with Crippen molar-refractivity contribution in [3.63, 3.8) is 0 Å². The number of likely N-dealkylation sites (N-methyl/N-ethyl adjacent to an activating group) is 1. The van der Waals surface area contributed by atoms with Crippen LogP contribution in [0.25, 0.3) is 0 Å². The van der Waals surface area contributed by atoms with E-state index in [1.807, 2.05) is 12.1 Å². The second kappa shape index (κ2) is 9.85. The first-order valence-electron chi connectivity index (χ1n) is 7.38. The van der Waals surface area contributed by atoms with Gasteiger partial charge in [-0.1, -0.05) is 13.3 Å². The van der Waals surface area contributed by atoms with Gasteiger partial charge in [-0.15, -0.1) is 0 Å².